The van der Waals surface area contributed by atoms with Crippen LogP contribution in [-0.2, 0) is 30.3 Å². The third-order valence-corrected chi connectivity index (χ3v) is 7.98. The number of ether oxygens (including phenoxy) is 2. The Morgan fingerprint density at radius 3 is 2.44 bits per heavy atom. The number of amides is 2. The molecule has 1 spiro atoms. The molecule has 0 aliphatic carbocycles. The van der Waals surface area contributed by atoms with Crippen LogP contribution in [0.5, 0.6) is 0 Å². The van der Waals surface area contributed by atoms with Gasteiger partial charge in [0, 0.05) is 12.1 Å². The molecule has 5 rings (SSSR count). The van der Waals surface area contributed by atoms with E-state index in [2.05, 4.69) is 0 Å². The summed E-state index contributed by atoms with van der Waals surface area (Å²) in [6.45, 7) is 7.74. The summed E-state index contributed by atoms with van der Waals surface area (Å²) in [7, 11) is 0. The Morgan fingerprint density at radius 2 is 1.78 bits per heavy atom. The highest BCUT2D eigenvalue weighted by atomic mass is 16.6. The molecule has 2 fully saturated rings. The minimum absolute atomic E-state index is 0.106. The van der Waals surface area contributed by atoms with Crippen molar-refractivity contribution < 1.29 is 29.0 Å². The zero-order valence-corrected chi connectivity index (χ0v) is 21.2. The highest BCUT2D eigenvalue weighted by molar-refractivity contribution is 5.99. The molecule has 4 heterocycles. The molecular weight excluding hydrogens is 460 g/mol. The number of cyclic esters (lactones) is 1. The molecular formula is C28H34N2O6. The predicted octanol–water partition coefficient (Wildman–Crippen LogP) is 1.87. The van der Waals surface area contributed by atoms with E-state index in [0.29, 0.717) is 13.0 Å². The molecule has 1 aromatic carbocycles. The van der Waals surface area contributed by atoms with Crippen molar-refractivity contribution in [3.8, 4) is 0 Å². The fraction of sp³-hybridized carbons (Fsp3) is 0.536. The lowest BCUT2D eigenvalue weighted by atomic mass is 9.74. The fourth-order valence-corrected chi connectivity index (χ4v) is 6.43. The minimum Gasteiger partial charge on any atom is -0.461 e. The van der Waals surface area contributed by atoms with Crippen molar-refractivity contribution in [2.45, 2.75) is 62.9 Å². The van der Waals surface area contributed by atoms with Crippen LogP contribution in [0.25, 0.3) is 0 Å². The van der Waals surface area contributed by atoms with E-state index in [-0.39, 0.29) is 25.0 Å². The first kappa shape index (κ1) is 24.7. The van der Waals surface area contributed by atoms with Crippen LogP contribution in [0.2, 0.25) is 0 Å². The Morgan fingerprint density at radius 1 is 1.06 bits per heavy atom. The lowest BCUT2D eigenvalue weighted by Gasteiger charge is -2.43. The number of rotatable bonds is 4. The number of fused-ring (bicyclic) bond motifs is 2. The molecule has 36 heavy (non-hydrogen) atoms. The van der Waals surface area contributed by atoms with Gasteiger partial charge in [0.15, 0.2) is 0 Å². The fourth-order valence-electron chi connectivity index (χ4n) is 6.43. The highest BCUT2D eigenvalue weighted by Gasteiger charge is 2.75. The van der Waals surface area contributed by atoms with Crippen LogP contribution in [0.4, 0.5) is 0 Å². The molecule has 192 valence electrons. The number of benzene rings is 1. The van der Waals surface area contributed by atoms with Gasteiger partial charge in [0.1, 0.15) is 24.2 Å². The van der Waals surface area contributed by atoms with Crippen molar-refractivity contribution in [1.82, 2.24) is 9.80 Å². The monoisotopic (exact) mass is 494 g/mol. The van der Waals surface area contributed by atoms with E-state index in [0.717, 1.165) is 5.56 Å². The summed E-state index contributed by atoms with van der Waals surface area (Å²) in [6.07, 6.45) is 7.54. The smallest absolute Gasteiger partial charge is 0.313 e. The van der Waals surface area contributed by atoms with E-state index in [1.165, 1.54) is 4.90 Å². The second kappa shape index (κ2) is 8.56. The van der Waals surface area contributed by atoms with Crippen molar-refractivity contribution in [1.29, 1.82) is 0 Å². The van der Waals surface area contributed by atoms with Gasteiger partial charge in [-0.2, -0.15) is 0 Å². The molecule has 1 N–H and O–H groups in total. The molecule has 6 atom stereocenters. The van der Waals surface area contributed by atoms with Crippen molar-refractivity contribution >= 4 is 17.8 Å². The van der Waals surface area contributed by atoms with Crippen molar-refractivity contribution in [2.24, 2.45) is 11.8 Å². The topological polar surface area (TPSA) is 96.4 Å². The predicted molar refractivity (Wildman–Crippen MR) is 132 cm³/mol. The van der Waals surface area contributed by atoms with Crippen LogP contribution >= 0.6 is 0 Å². The zero-order valence-electron chi connectivity index (χ0n) is 21.2. The molecule has 2 amide bonds. The number of carbonyl (C=O) groups is 3. The largest absolute Gasteiger partial charge is 0.461 e. The minimum atomic E-state index is -1.36. The molecule has 1 aromatic rings. The lowest BCUT2D eigenvalue weighted by Crippen LogP contribution is -2.61. The summed E-state index contributed by atoms with van der Waals surface area (Å²) in [5, 5.41) is 10.5. The van der Waals surface area contributed by atoms with Crippen LogP contribution in [0.3, 0.4) is 0 Å². The summed E-state index contributed by atoms with van der Waals surface area (Å²) in [5.74, 6) is -3.00. The Bertz CT molecular complexity index is 1120. The van der Waals surface area contributed by atoms with Crippen molar-refractivity contribution in [3.63, 3.8) is 0 Å². The van der Waals surface area contributed by atoms with E-state index in [1.54, 1.807) is 24.0 Å². The number of esters is 1. The molecule has 0 radical (unpaired) electrons. The van der Waals surface area contributed by atoms with Gasteiger partial charge in [0.2, 0.25) is 11.8 Å². The average molecular weight is 495 g/mol. The molecule has 2 saturated heterocycles. The summed E-state index contributed by atoms with van der Waals surface area (Å²) < 4.78 is 12.1. The second-order valence-electron chi connectivity index (χ2n) is 11.3. The van der Waals surface area contributed by atoms with Gasteiger partial charge >= 0.3 is 5.97 Å². The van der Waals surface area contributed by atoms with Gasteiger partial charge in [-0.3, -0.25) is 14.4 Å². The number of aliphatic hydroxyl groups excluding tert-OH is 1. The Labute approximate surface area is 211 Å². The first-order valence-corrected chi connectivity index (χ1v) is 12.5. The van der Waals surface area contributed by atoms with Gasteiger partial charge in [-0.15, -0.1) is 0 Å². The van der Waals surface area contributed by atoms with Gasteiger partial charge in [-0.25, -0.2) is 0 Å². The van der Waals surface area contributed by atoms with Crippen LogP contribution in [0, 0.1) is 11.8 Å². The second-order valence-corrected chi connectivity index (χ2v) is 11.3. The van der Waals surface area contributed by atoms with Crippen molar-refractivity contribution in [2.75, 3.05) is 19.8 Å². The first-order chi connectivity index (χ1) is 17.0. The van der Waals surface area contributed by atoms with Crippen LogP contribution in [0.1, 0.15) is 33.3 Å². The summed E-state index contributed by atoms with van der Waals surface area (Å²) >= 11 is 0. The third-order valence-electron chi connectivity index (χ3n) is 7.98. The average Bonchev–Trinajstić information content (AvgIpc) is 3.08. The van der Waals surface area contributed by atoms with Crippen molar-refractivity contribution in [3.05, 3.63) is 60.2 Å². The van der Waals surface area contributed by atoms with E-state index in [4.69, 9.17) is 9.47 Å². The molecule has 0 saturated carbocycles. The van der Waals surface area contributed by atoms with Gasteiger partial charge < -0.3 is 24.4 Å². The Kier molecular flexibility index (Phi) is 5.87. The molecule has 4 aliphatic rings. The molecule has 1 unspecified atom stereocenters. The number of hydrogen-bond donors (Lipinski definition) is 1. The third kappa shape index (κ3) is 3.61. The highest BCUT2D eigenvalue weighted by Crippen LogP contribution is 2.58. The summed E-state index contributed by atoms with van der Waals surface area (Å²) in [5.41, 5.74) is -2.05. The number of aliphatic hydroxyl groups is 1. The maximum atomic E-state index is 14.3. The SMILES string of the molecule is CC(C)(C)N1CC=C[C@]23O[C@]4(C)C=CCOC(=O)[C@@H]4[C@H]2C(=O)N([C@@H](CO)Cc2ccccc2)C3C1=O. The van der Waals surface area contributed by atoms with E-state index >= 15 is 0 Å². The normalized spacial score (nSPS) is 34.6. The first-order valence-electron chi connectivity index (χ1n) is 12.5. The molecule has 0 aromatic heterocycles. The summed E-state index contributed by atoms with van der Waals surface area (Å²) in [4.78, 5) is 45.0. The van der Waals surface area contributed by atoms with Gasteiger partial charge in [0.25, 0.3) is 0 Å². The molecule has 0 bridgehead atoms. The molecule has 8 nitrogen and oxygen atoms in total. The standard InChI is InChI=1S/C28H34N2O6/c1-26(2,3)29-14-8-13-28-20(21-25(34)35-15-9-12-27(21,4)36-28)23(32)30(22(28)24(29)33)19(17-31)16-18-10-6-5-7-11-18/h5-13,19-22,31H,14-17H2,1-4H3/t19-,20+,21+,22?,27-,28+/m1/s1. The number of carbonyl (C=O) groups excluding carboxylic acids is 3. The van der Waals surface area contributed by atoms with Crippen LogP contribution < -0.4 is 0 Å². The van der Waals surface area contributed by atoms with E-state index < -0.39 is 46.6 Å². The van der Waals surface area contributed by atoms with Gasteiger partial charge in [-0.1, -0.05) is 48.6 Å². The zero-order chi connectivity index (χ0) is 25.9. The number of hydrogen-bond acceptors (Lipinski definition) is 6. The van der Waals surface area contributed by atoms with Gasteiger partial charge in [-0.05, 0) is 45.8 Å². The van der Waals surface area contributed by atoms with Crippen LogP contribution in [0.15, 0.2) is 54.6 Å². The number of likely N-dealkylation sites (tertiary alicyclic amines) is 1. The Hall–Kier alpha value is -2.97. The molecule has 8 heteroatoms. The maximum absolute atomic E-state index is 14.3. The van der Waals surface area contributed by atoms with Crippen LogP contribution in [-0.4, -0.2) is 81.3 Å². The Balaban J connectivity index is 1.66. The van der Waals surface area contributed by atoms with Gasteiger partial charge in [0.05, 0.1) is 24.2 Å². The van der Waals surface area contributed by atoms with E-state index in [9.17, 15) is 19.5 Å². The molecule has 4 aliphatic heterocycles. The summed E-state index contributed by atoms with van der Waals surface area (Å²) in [6, 6.07) is 7.85. The van der Waals surface area contributed by atoms with E-state index in [1.807, 2.05) is 63.3 Å². The lowest BCUT2D eigenvalue weighted by molar-refractivity contribution is -0.161. The maximum Gasteiger partial charge on any atom is 0.313 e. The number of nitrogens with zero attached hydrogens (tertiary/aromatic N) is 2. The quantitative estimate of drug-likeness (QED) is 0.507.